The van der Waals surface area contributed by atoms with Gasteiger partial charge in [0.25, 0.3) is 0 Å². The number of aliphatic hydroxyl groups is 1. The summed E-state index contributed by atoms with van der Waals surface area (Å²) in [6.45, 7) is 5.43. The molecule has 0 radical (unpaired) electrons. The highest BCUT2D eigenvalue weighted by Crippen LogP contribution is 2.17. The summed E-state index contributed by atoms with van der Waals surface area (Å²) < 4.78 is 7.52. The molecule has 0 bridgehead atoms. The second kappa shape index (κ2) is 7.59. The number of ether oxygens (including phenoxy) is 1. The molecule has 1 atom stereocenters. The molecule has 1 saturated heterocycles. The predicted octanol–water partition coefficient (Wildman–Crippen LogP) is 0.547. The quantitative estimate of drug-likeness (QED) is 0.768. The largest absolute Gasteiger partial charge is 0.503 e. The molecule has 2 rings (SSSR count). The monoisotopic (exact) mass is 296 g/mol. The Bertz CT molecular complexity index is 509. The second-order valence-corrected chi connectivity index (χ2v) is 5.39. The Kier molecular flexibility index (Phi) is 5.78. The molecule has 1 aromatic rings. The number of aromatic hydroxyl groups is 1. The lowest BCUT2D eigenvalue weighted by Gasteiger charge is -2.23. The molecule has 6 heteroatoms. The van der Waals surface area contributed by atoms with Crippen LogP contribution in [0.2, 0.25) is 0 Å². The molecule has 118 valence electrons. The van der Waals surface area contributed by atoms with Gasteiger partial charge in [-0.25, -0.2) is 0 Å². The second-order valence-electron chi connectivity index (χ2n) is 5.39. The van der Waals surface area contributed by atoms with Crippen molar-refractivity contribution in [3.63, 3.8) is 0 Å². The first-order chi connectivity index (χ1) is 10.1. The highest BCUT2D eigenvalue weighted by Gasteiger charge is 2.18. The van der Waals surface area contributed by atoms with Crippen molar-refractivity contribution >= 4 is 0 Å². The summed E-state index contributed by atoms with van der Waals surface area (Å²) in [6, 6.07) is 1.48. The Morgan fingerprint density at radius 2 is 2.33 bits per heavy atom. The van der Waals surface area contributed by atoms with Gasteiger partial charge in [-0.3, -0.25) is 9.69 Å². The van der Waals surface area contributed by atoms with Crippen molar-refractivity contribution in [2.75, 3.05) is 26.3 Å². The summed E-state index contributed by atoms with van der Waals surface area (Å²) >= 11 is 0. The van der Waals surface area contributed by atoms with E-state index in [2.05, 4.69) is 4.90 Å². The van der Waals surface area contributed by atoms with Crippen molar-refractivity contribution in [1.82, 2.24) is 9.47 Å². The molecule has 1 aromatic heterocycles. The average Bonchev–Trinajstić information content (AvgIpc) is 2.96. The van der Waals surface area contributed by atoms with E-state index in [1.165, 1.54) is 12.3 Å². The van der Waals surface area contributed by atoms with Crippen LogP contribution in [0.3, 0.4) is 0 Å². The first-order valence-corrected chi connectivity index (χ1v) is 7.51. The minimum atomic E-state index is -0.367. The number of hydrogen-bond donors (Lipinski definition) is 2. The number of rotatable bonds is 7. The fourth-order valence-electron chi connectivity index (χ4n) is 2.64. The first kappa shape index (κ1) is 16.0. The summed E-state index contributed by atoms with van der Waals surface area (Å²) in [7, 11) is 0. The van der Waals surface area contributed by atoms with Gasteiger partial charge in [0.15, 0.2) is 5.75 Å². The zero-order chi connectivity index (χ0) is 15.2. The predicted molar refractivity (Wildman–Crippen MR) is 79.4 cm³/mol. The van der Waals surface area contributed by atoms with Crippen LogP contribution in [-0.2, 0) is 17.8 Å². The van der Waals surface area contributed by atoms with Gasteiger partial charge in [-0.05, 0) is 19.4 Å². The highest BCUT2D eigenvalue weighted by atomic mass is 16.5. The van der Waals surface area contributed by atoms with Gasteiger partial charge in [0.2, 0.25) is 5.43 Å². The maximum absolute atomic E-state index is 11.7. The van der Waals surface area contributed by atoms with Crippen LogP contribution >= 0.6 is 0 Å². The Labute approximate surface area is 124 Å². The van der Waals surface area contributed by atoms with Crippen LogP contribution in [0, 0.1) is 0 Å². The summed E-state index contributed by atoms with van der Waals surface area (Å²) in [5.41, 5.74) is 0.470. The van der Waals surface area contributed by atoms with Crippen LogP contribution in [0.15, 0.2) is 17.1 Å². The molecule has 1 aliphatic rings. The summed E-state index contributed by atoms with van der Waals surface area (Å²) in [4.78, 5) is 13.7. The van der Waals surface area contributed by atoms with Gasteiger partial charge < -0.3 is 19.5 Å². The molecule has 0 amide bonds. The summed E-state index contributed by atoms with van der Waals surface area (Å²) in [5.74, 6) is -0.234. The van der Waals surface area contributed by atoms with Crippen LogP contribution in [0.1, 0.15) is 25.5 Å². The minimum Gasteiger partial charge on any atom is -0.503 e. The van der Waals surface area contributed by atoms with Crippen LogP contribution in [0.25, 0.3) is 0 Å². The molecule has 0 aromatic carbocycles. The van der Waals surface area contributed by atoms with E-state index in [4.69, 9.17) is 9.84 Å². The van der Waals surface area contributed by atoms with Gasteiger partial charge in [-0.15, -0.1) is 0 Å². The highest BCUT2D eigenvalue weighted by molar-refractivity contribution is 5.20. The Morgan fingerprint density at radius 3 is 2.95 bits per heavy atom. The van der Waals surface area contributed by atoms with Gasteiger partial charge in [-0.2, -0.15) is 0 Å². The van der Waals surface area contributed by atoms with Crippen molar-refractivity contribution in [2.24, 2.45) is 0 Å². The topological polar surface area (TPSA) is 74.9 Å². The number of aromatic nitrogens is 1. The number of hydrogen-bond acceptors (Lipinski definition) is 5. The lowest BCUT2D eigenvalue weighted by Crippen LogP contribution is -2.29. The van der Waals surface area contributed by atoms with E-state index in [1.54, 1.807) is 0 Å². The van der Waals surface area contributed by atoms with Crippen molar-refractivity contribution in [1.29, 1.82) is 0 Å². The molecule has 1 fully saturated rings. The molecule has 0 aliphatic carbocycles. The summed E-state index contributed by atoms with van der Waals surface area (Å²) in [6.07, 6.45) is 3.68. The number of likely N-dealkylation sites (N-methyl/N-ethyl adjacent to an activating group) is 1. The molecule has 6 nitrogen and oxygen atoms in total. The molecule has 0 spiro atoms. The van der Waals surface area contributed by atoms with E-state index in [1.807, 2.05) is 11.5 Å². The zero-order valence-electron chi connectivity index (χ0n) is 12.5. The molecule has 0 saturated carbocycles. The number of nitrogens with zero attached hydrogens (tertiary/aromatic N) is 2. The van der Waals surface area contributed by atoms with Crippen LogP contribution in [0.5, 0.6) is 5.75 Å². The van der Waals surface area contributed by atoms with E-state index < -0.39 is 0 Å². The maximum atomic E-state index is 11.7. The van der Waals surface area contributed by atoms with E-state index in [9.17, 15) is 9.90 Å². The fraction of sp³-hybridized carbons (Fsp3) is 0.667. The van der Waals surface area contributed by atoms with E-state index in [0.717, 1.165) is 31.7 Å². The Hall–Kier alpha value is -1.37. The van der Waals surface area contributed by atoms with E-state index >= 15 is 0 Å². The molecular weight excluding hydrogens is 272 g/mol. The lowest BCUT2D eigenvalue weighted by atomic mass is 10.2. The van der Waals surface area contributed by atoms with E-state index in [0.29, 0.717) is 19.6 Å². The van der Waals surface area contributed by atoms with Gasteiger partial charge in [-0.1, -0.05) is 6.92 Å². The average molecular weight is 296 g/mol. The molecule has 21 heavy (non-hydrogen) atoms. The van der Waals surface area contributed by atoms with E-state index in [-0.39, 0.29) is 23.9 Å². The van der Waals surface area contributed by atoms with Gasteiger partial charge >= 0.3 is 0 Å². The van der Waals surface area contributed by atoms with Gasteiger partial charge in [0, 0.05) is 38.0 Å². The molecular formula is C15H24N2O4. The van der Waals surface area contributed by atoms with Crippen LogP contribution in [0.4, 0.5) is 0 Å². The third-order valence-corrected chi connectivity index (χ3v) is 3.87. The Morgan fingerprint density at radius 1 is 1.52 bits per heavy atom. The van der Waals surface area contributed by atoms with Crippen molar-refractivity contribution in [3.05, 3.63) is 28.2 Å². The molecule has 2 heterocycles. The van der Waals surface area contributed by atoms with Crippen molar-refractivity contribution in [2.45, 2.75) is 39.0 Å². The van der Waals surface area contributed by atoms with Crippen molar-refractivity contribution < 1.29 is 14.9 Å². The third-order valence-electron chi connectivity index (χ3n) is 3.87. The normalized spacial score (nSPS) is 18.5. The number of aliphatic hydroxyl groups excluding tert-OH is 1. The summed E-state index contributed by atoms with van der Waals surface area (Å²) in [5, 5.41) is 18.7. The zero-order valence-corrected chi connectivity index (χ0v) is 12.5. The molecule has 1 aliphatic heterocycles. The SMILES string of the molecule is CCN(CCO)Cc1cc(=O)c(O)cn1CC1CCCO1. The molecule has 1 unspecified atom stereocenters. The van der Waals surface area contributed by atoms with Crippen LogP contribution < -0.4 is 5.43 Å². The third kappa shape index (κ3) is 4.30. The van der Waals surface area contributed by atoms with Gasteiger partial charge in [0.1, 0.15) is 0 Å². The smallest absolute Gasteiger partial charge is 0.223 e. The minimum absolute atomic E-state index is 0.0852. The van der Waals surface area contributed by atoms with Crippen LogP contribution in [-0.4, -0.2) is 52.1 Å². The van der Waals surface area contributed by atoms with Gasteiger partial charge in [0.05, 0.1) is 18.9 Å². The number of pyridine rings is 1. The molecule has 2 N–H and O–H groups in total. The Balaban J connectivity index is 2.20. The maximum Gasteiger partial charge on any atom is 0.223 e. The van der Waals surface area contributed by atoms with Crippen molar-refractivity contribution in [3.8, 4) is 5.75 Å². The first-order valence-electron chi connectivity index (χ1n) is 7.51. The fourth-order valence-corrected chi connectivity index (χ4v) is 2.64. The standard InChI is InChI=1S/C15H24N2O4/c1-2-16(5-6-18)9-12-8-14(19)15(20)11-17(12)10-13-4-3-7-21-13/h8,11,13,18,20H,2-7,9-10H2,1H3. The lowest BCUT2D eigenvalue weighted by molar-refractivity contribution is 0.0949.